The molecule has 1 unspecified atom stereocenters. The molecule has 0 bridgehead atoms. The summed E-state index contributed by atoms with van der Waals surface area (Å²) < 4.78 is 15.9. The molecule has 0 radical (unpaired) electrons. The molecule has 3 rings (SSSR count). The van der Waals surface area contributed by atoms with Gasteiger partial charge in [-0.05, 0) is 41.9 Å². The van der Waals surface area contributed by atoms with Crippen molar-refractivity contribution in [2.75, 3.05) is 19.5 Å². The Bertz CT molecular complexity index is 802. The van der Waals surface area contributed by atoms with E-state index in [0.29, 0.717) is 23.3 Å². The number of hydrogen-bond acceptors (Lipinski definition) is 6. The van der Waals surface area contributed by atoms with Gasteiger partial charge in [0, 0.05) is 5.56 Å². The predicted octanol–water partition coefficient (Wildman–Crippen LogP) is 3.93. The molecule has 0 aliphatic rings. The fourth-order valence-electron chi connectivity index (χ4n) is 2.38. The van der Waals surface area contributed by atoms with Gasteiger partial charge in [0.05, 0.1) is 20.3 Å². The summed E-state index contributed by atoms with van der Waals surface area (Å²) >= 11 is 0. The molecule has 1 atom stereocenters. The quantitative estimate of drug-likeness (QED) is 0.740. The summed E-state index contributed by atoms with van der Waals surface area (Å²) in [6.45, 7) is 2.01. The van der Waals surface area contributed by atoms with Crippen LogP contribution in [0.2, 0.25) is 0 Å². The zero-order chi connectivity index (χ0) is 16.9. The van der Waals surface area contributed by atoms with Gasteiger partial charge in [0.1, 0.15) is 0 Å². The van der Waals surface area contributed by atoms with Crippen molar-refractivity contribution in [2.45, 2.75) is 13.0 Å². The molecule has 0 saturated heterocycles. The van der Waals surface area contributed by atoms with Crippen molar-refractivity contribution in [3.63, 3.8) is 0 Å². The third kappa shape index (κ3) is 3.32. The third-order valence-electron chi connectivity index (χ3n) is 3.70. The van der Waals surface area contributed by atoms with Gasteiger partial charge in [-0.1, -0.05) is 24.3 Å². The minimum absolute atomic E-state index is 0.0222. The first-order valence-corrected chi connectivity index (χ1v) is 7.59. The predicted molar refractivity (Wildman–Crippen MR) is 91.3 cm³/mol. The monoisotopic (exact) mass is 325 g/mol. The average Bonchev–Trinajstić information content (AvgIpc) is 3.10. The number of nitrogens with one attached hydrogen (secondary N) is 1. The minimum atomic E-state index is -0.0222. The smallest absolute Gasteiger partial charge is 0.264 e. The zero-order valence-corrected chi connectivity index (χ0v) is 13.8. The van der Waals surface area contributed by atoms with Crippen LogP contribution >= 0.6 is 0 Å². The molecule has 0 amide bonds. The van der Waals surface area contributed by atoms with E-state index in [2.05, 4.69) is 15.5 Å². The van der Waals surface area contributed by atoms with Crippen LogP contribution in [0.4, 0.5) is 5.95 Å². The first kappa shape index (κ1) is 15.9. The lowest BCUT2D eigenvalue weighted by molar-refractivity contribution is 0.354. The third-order valence-corrected chi connectivity index (χ3v) is 3.70. The van der Waals surface area contributed by atoms with Gasteiger partial charge in [-0.2, -0.15) is 4.98 Å². The Balaban J connectivity index is 1.76. The van der Waals surface area contributed by atoms with Crippen LogP contribution < -0.4 is 14.8 Å². The van der Waals surface area contributed by atoms with E-state index in [1.807, 2.05) is 55.5 Å². The van der Waals surface area contributed by atoms with Gasteiger partial charge in [0.15, 0.2) is 11.5 Å². The lowest BCUT2D eigenvalue weighted by Crippen LogP contribution is -2.08. The van der Waals surface area contributed by atoms with E-state index in [1.54, 1.807) is 14.2 Å². The summed E-state index contributed by atoms with van der Waals surface area (Å²) in [6.07, 6.45) is 0. The molecule has 6 nitrogen and oxygen atoms in total. The first-order chi connectivity index (χ1) is 11.7. The molecule has 0 fully saturated rings. The van der Waals surface area contributed by atoms with Gasteiger partial charge >= 0.3 is 0 Å². The van der Waals surface area contributed by atoms with E-state index < -0.39 is 0 Å². The molecule has 1 aromatic heterocycles. The molecule has 24 heavy (non-hydrogen) atoms. The number of nitrogens with zero attached hydrogens (tertiary/aromatic N) is 2. The van der Waals surface area contributed by atoms with Gasteiger partial charge in [0.25, 0.3) is 11.8 Å². The van der Waals surface area contributed by atoms with Crippen LogP contribution in [0.1, 0.15) is 18.5 Å². The van der Waals surface area contributed by atoms with Crippen LogP contribution in [-0.2, 0) is 0 Å². The molecule has 2 aromatic carbocycles. The summed E-state index contributed by atoms with van der Waals surface area (Å²) in [5, 5.41) is 7.21. The molecule has 0 aliphatic carbocycles. The number of anilines is 1. The molecule has 6 heteroatoms. The lowest BCUT2D eigenvalue weighted by atomic mass is 10.1. The Hall–Kier alpha value is -3.02. The fraction of sp³-hybridized carbons (Fsp3) is 0.222. The summed E-state index contributed by atoms with van der Waals surface area (Å²) in [5.74, 6) is 2.30. The maximum absolute atomic E-state index is 5.34. The van der Waals surface area contributed by atoms with E-state index in [4.69, 9.17) is 14.0 Å². The molecule has 1 N–H and O–H groups in total. The van der Waals surface area contributed by atoms with Crippen molar-refractivity contribution >= 4 is 5.95 Å². The van der Waals surface area contributed by atoms with E-state index >= 15 is 0 Å². The van der Waals surface area contributed by atoms with Gasteiger partial charge < -0.3 is 19.3 Å². The molecule has 0 saturated carbocycles. The number of methoxy groups -OCH3 is 2. The Morgan fingerprint density at radius 2 is 1.75 bits per heavy atom. The molecular formula is C18H19N3O3. The molecule has 1 heterocycles. The Morgan fingerprint density at radius 1 is 1.00 bits per heavy atom. The molecule has 0 spiro atoms. The van der Waals surface area contributed by atoms with Crippen LogP contribution in [0.5, 0.6) is 11.5 Å². The second-order valence-corrected chi connectivity index (χ2v) is 5.27. The molecule has 3 aromatic rings. The van der Waals surface area contributed by atoms with Gasteiger partial charge in [-0.25, -0.2) is 0 Å². The Kier molecular flexibility index (Phi) is 4.65. The molecule has 0 aliphatic heterocycles. The van der Waals surface area contributed by atoms with Gasteiger partial charge in [-0.15, -0.1) is 0 Å². The van der Waals surface area contributed by atoms with Crippen LogP contribution in [0.25, 0.3) is 11.5 Å². The highest BCUT2D eigenvalue weighted by Crippen LogP contribution is 2.31. The van der Waals surface area contributed by atoms with Crippen molar-refractivity contribution < 1.29 is 14.0 Å². The van der Waals surface area contributed by atoms with E-state index in [1.165, 1.54) is 0 Å². The van der Waals surface area contributed by atoms with Crippen molar-refractivity contribution in [3.05, 3.63) is 54.1 Å². The number of ether oxygens (including phenoxy) is 2. The largest absolute Gasteiger partial charge is 0.493 e. The summed E-state index contributed by atoms with van der Waals surface area (Å²) in [5.41, 5.74) is 1.91. The van der Waals surface area contributed by atoms with Gasteiger partial charge in [0.2, 0.25) is 0 Å². The fourth-order valence-corrected chi connectivity index (χ4v) is 2.38. The average molecular weight is 325 g/mol. The maximum Gasteiger partial charge on any atom is 0.264 e. The highest BCUT2D eigenvalue weighted by molar-refractivity contribution is 5.54. The standard InChI is InChI=1S/C18H19N3O3/c1-12(14-9-10-15(22-2)16(11-14)23-3)19-18-20-17(24-21-18)13-7-5-4-6-8-13/h4-12H,1-3H3,(H,19,21). The van der Waals surface area contributed by atoms with Crippen LogP contribution in [0.3, 0.4) is 0 Å². The van der Waals surface area contributed by atoms with Gasteiger partial charge in [-0.3, -0.25) is 0 Å². The zero-order valence-electron chi connectivity index (χ0n) is 13.8. The second kappa shape index (κ2) is 7.04. The van der Waals surface area contributed by atoms with E-state index in [0.717, 1.165) is 11.1 Å². The topological polar surface area (TPSA) is 69.4 Å². The number of rotatable bonds is 6. The molecule has 124 valence electrons. The number of benzene rings is 2. The van der Waals surface area contributed by atoms with Crippen molar-refractivity contribution in [1.29, 1.82) is 0 Å². The summed E-state index contributed by atoms with van der Waals surface area (Å²) in [4.78, 5) is 4.38. The Labute approximate surface area is 140 Å². The summed E-state index contributed by atoms with van der Waals surface area (Å²) in [6, 6.07) is 15.4. The highest BCUT2D eigenvalue weighted by Gasteiger charge is 2.14. The van der Waals surface area contributed by atoms with Crippen molar-refractivity contribution in [2.24, 2.45) is 0 Å². The number of aromatic nitrogens is 2. The van der Waals surface area contributed by atoms with E-state index in [9.17, 15) is 0 Å². The van der Waals surface area contributed by atoms with Crippen LogP contribution in [-0.4, -0.2) is 24.4 Å². The van der Waals surface area contributed by atoms with Crippen LogP contribution in [0.15, 0.2) is 53.1 Å². The summed E-state index contributed by atoms with van der Waals surface area (Å²) in [7, 11) is 3.23. The van der Waals surface area contributed by atoms with Crippen molar-refractivity contribution in [1.82, 2.24) is 10.1 Å². The lowest BCUT2D eigenvalue weighted by Gasteiger charge is -2.15. The molecular weight excluding hydrogens is 306 g/mol. The Morgan fingerprint density at radius 3 is 2.46 bits per heavy atom. The SMILES string of the molecule is COc1ccc(C(C)Nc2noc(-c3ccccc3)n2)cc1OC. The maximum atomic E-state index is 5.34. The van der Waals surface area contributed by atoms with Crippen molar-refractivity contribution in [3.8, 4) is 23.0 Å². The normalized spacial score (nSPS) is 11.8. The highest BCUT2D eigenvalue weighted by atomic mass is 16.5. The van der Waals surface area contributed by atoms with E-state index in [-0.39, 0.29) is 6.04 Å². The second-order valence-electron chi connectivity index (χ2n) is 5.27. The number of hydrogen-bond donors (Lipinski definition) is 1. The first-order valence-electron chi connectivity index (χ1n) is 7.59. The van der Waals surface area contributed by atoms with Crippen LogP contribution in [0, 0.1) is 0 Å². The minimum Gasteiger partial charge on any atom is -0.493 e.